The number of ketones is 1. The maximum absolute atomic E-state index is 12.9. The smallest absolute Gasteiger partial charge is 0.231 e. The number of aryl methyl sites for hydroxylation is 1. The first-order valence-electron chi connectivity index (χ1n) is 10.4. The van der Waals surface area contributed by atoms with Gasteiger partial charge in [-0.2, -0.15) is 0 Å². The van der Waals surface area contributed by atoms with Crippen molar-refractivity contribution in [3.05, 3.63) is 35.4 Å². The summed E-state index contributed by atoms with van der Waals surface area (Å²) in [4.78, 5) is 38.7. The molecule has 3 aliphatic rings. The van der Waals surface area contributed by atoms with Gasteiger partial charge in [0.2, 0.25) is 5.78 Å². The molecular formula is C22H28N4O2. The molecule has 1 aliphatic carbocycles. The van der Waals surface area contributed by atoms with E-state index in [1.165, 1.54) is 11.1 Å². The monoisotopic (exact) mass is 380 g/mol. The zero-order valence-corrected chi connectivity index (χ0v) is 16.7. The molecule has 0 aromatic heterocycles. The van der Waals surface area contributed by atoms with Crippen molar-refractivity contribution in [1.29, 1.82) is 0 Å². The lowest BCUT2D eigenvalue weighted by molar-refractivity contribution is -0.132. The molecular weight excluding hydrogens is 352 g/mol. The SMILES string of the molecule is CCCN1CN(CCC)C2=NC(C3CCc4ccccc43)=NC2(C(=O)C=O)C1. The topological polar surface area (TPSA) is 65.3 Å². The fourth-order valence-corrected chi connectivity index (χ4v) is 4.83. The minimum Gasteiger partial charge on any atom is -0.345 e. The van der Waals surface area contributed by atoms with Crippen LogP contribution < -0.4 is 0 Å². The van der Waals surface area contributed by atoms with Crippen molar-refractivity contribution < 1.29 is 9.59 Å². The molecule has 4 rings (SSSR count). The number of carbonyl (C=O) groups excluding carboxylic acids is 2. The summed E-state index contributed by atoms with van der Waals surface area (Å²) in [5, 5.41) is 0. The Morgan fingerprint density at radius 1 is 1.25 bits per heavy atom. The molecule has 1 aromatic rings. The fourth-order valence-electron chi connectivity index (χ4n) is 4.83. The van der Waals surface area contributed by atoms with Crippen molar-refractivity contribution in [1.82, 2.24) is 9.80 Å². The van der Waals surface area contributed by atoms with Gasteiger partial charge in [-0.05, 0) is 43.4 Å². The number of hydrogen-bond donors (Lipinski definition) is 0. The first-order valence-corrected chi connectivity index (χ1v) is 10.4. The number of aldehydes is 1. The minimum atomic E-state index is -1.17. The minimum absolute atomic E-state index is 0.105. The van der Waals surface area contributed by atoms with Crippen LogP contribution in [0.15, 0.2) is 34.3 Å². The molecule has 148 valence electrons. The van der Waals surface area contributed by atoms with Crippen LogP contribution in [0.3, 0.4) is 0 Å². The van der Waals surface area contributed by atoms with Crippen LogP contribution in [0.5, 0.6) is 0 Å². The number of fused-ring (bicyclic) bond motifs is 2. The average molecular weight is 380 g/mol. The maximum atomic E-state index is 12.9. The largest absolute Gasteiger partial charge is 0.345 e. The van der Waals surface area contributed by atoms with Gasteiger partial charge in [0.15, 0.2) is 11.8 Å². The Kier molecular flexibility index (Phi) is 5.15. The van der Waals surface area contributed by atoms with Crippen molar-refractivity contribution in [2.24, 2.45) is 9.98 Å². The van der Waals surface area contributed by atoms with E-state index < -0.39 is 11.3 Å². The molecule has 0 bridgehead atoms. The van der Waals surface area contributed by atoms with Gasteiger partial charge in [0.1, 0.15) is 11.7 Å². The highest BCUT2D eigenvalue weighted by molar-refractivity contribution is 6.39. The number of aliphatic imine (C=N–C) groups is 2. The van der Waals surface area contributed by atoms with E-state index in [1.54, 1.807) is 0 Å². The van der Waals surface area contributed by atoms with Crippen LogP contribution in [0.4, 0.5) is 0 Å². The summed E-state index contributed by atoms with van der Waals surface area (Å²) in [5.41, 5.74) is 1.42. The highest BCUT2D eigenvalue weighted by atomic mass is 16.2. The van der Waals surface area contributed by atoms with Crippen LogP contribution in [0.1, 0.15) is 50.2 Å². The molecule has 2 unspecified atom stereocenters. The van der Waals surface area contributed by atoms with Gasteiger partial charge >= 0.3 is 0 Å². The molecule has 0 N–H and O–H groups in total. The van der Waals surface area contributed by atoms with E-state index in [0.29, 0.717) is 18.7 Å². The molecule has 6 heteroatoms. The van der Waals surface area contributed by atoms with Crippen molar-refractivity contribution in [3.8, 4) is 0 Å². The van der Waals surface area contributed by atoms with Crippen LogP contribution in [0.2, 0.25) is 0 Å². The Morgan fingerprint density at radius 3 is 2.79 bits per heavy atom. The molecule has 28 heavy (non-hydrogen) atoms. The summed E-state index contributed by atoms with van der Waals surface area (Å²) in [5.74, 6) is 1.02. The number of carbonyl (C=O) groups is 2. The van der Waals surface area contributed by atoms with Crippen molar-refractivity contribution in [2.75, 3.05) is 26.3 Å². The first-order chi connectivity index (χ1) is 13.6. The quantitative estimate of drug-likeness (QED) is 0.538. The van der Waals surface area contributed by atoms with Crippen LogP contribution in [0.25, 0.3) is 0 Å². The molecule has 0 saturated carbocycles. The van der Waals surface area contributed by atoms with E-state index in [2.05, 4.69) is 41.8 Å². The van der Waals surface area contributed by atoms with Gasteiger partial charge in [-0.3, -0.25) is 14.5 Å². The zero-order valence-electron chi connectivity index (χ0n) is 16.7. The third kappa shape index (κ3) is 3.00. The Labute approximate surface area is 166 Å². The van der Waals surface area contributed by atoms with Crippen molar-refractivity contribution in [3.63, 3.8) is 0 Å². The predicted octanol–water partition coefficient (Wildman–Crippen LogP) is 2.43. The summed E-state index contributed by atoms with van der Waals surface area (Å²) >= 11 is 0. The summed E-state index contributed by atoms with van der Waals surface area (Å²) in [6, 6.07) is 8.40. The highest BCUT2D eigenvalue weighted by Gasteiger charge is 2.53. The van der Waals surface area contributed by atoms with Crippen LogP contribution >= 0.6 is 0 Å². The van der Waals surface area contributed by atoms with Gasteiger partial charge < -0.3 is 4.90 Å². The summed E-state index contributed by atoms with van der Waals surface area (Å²) < 4.78 is 0. The van der Waals surface area contributed by atoms with Gasteiger partial charge in [-0.1, -0.05) is 38.1 Å². The Morgan fingerprint density at radius 2 is 2.04 bits per heavy atom. The van der Waals surface area contributed by atoms with E-state index in [4.69, 9.17) is 9.98 Å². The number of hydrogen-bond acceptors (Lipinski definition) is 6. The fraction of sp³-hybridized carbons (Fsp3) is 0.545. The molecule has 2 atom stereocenters. The zero-order chi connectivity index (χ0) is 19.7. The average Bonchev–Trinajstić information content (AvgIpc) is 3.30. The Balaban J connectivity index is 1.77. The lowest BCUT2D eigenvalue weighted by Gasteiger charge is -2.44. The summed E-state index contributed by atoms with van der Waals surface area (Å²) in [7, 11) is 0. The molecule has 0 amide bonds. The molecule has 1 aromatic carbocycles. The molecule has 1 saturated heterocycles. The molecule has 0 radical (unpaired) electrons. The molecule has 6 nitrogen and oxygen atoms in total. The van der Waals surface area contributed by atoms with Gasteiger partial charge in [-0.15, -0.1) is 0 Å². The Bertz CT molecular complexity index is 847. The van der Waals surface area contributed by atoms with E-state index in [-0.39, 0.29) is 5.92 Å². The standard InChI is InChI=1S/C22H28N4O2/c1-3-11-25-14-22(19(28)13-27)21(26(15-25)12-4-2)23-20(24-22)18-10-9-16-7-5-6-8-17(16)18/h5-8,13,18H,3-4,9-12,14-15H2,1-2H3. The third-order valence-electron chi connectivity index (χ3n) is 6.01. The first kappa shape index (κ1) is 19.0. The van der Waals surface area contributed by atoms with Gasteiger partial charge in [0.05, 0.1) is 6.67 Å². The number of Topliss-reactive ketones (excluding diaryl/α,β-unsaturated/α-hetero) is 1. The molecule has 2 aliphatic heterocycles. The third-order valence-corrected chi connectivity index (χ3v) is 6.01. The lowest BCUT2D eigenvalue weighted by atomic mass is 9.90. The van der Waals surface area contributed by atoms with Gasteiger partial charge in [0.25, 0.3) is 0 Å². The lowest BCUT2D eigenvalue weighted by Crippen LogP contribution is -2.65. The molecule has 2 heterocycles. The van der Waals surface area contributed by atoms with Crippen molar-refractivity contribution in [2.45, 2.75) is 51.0 Å². The summed E-state index contributed by atoms with van der Waals surface area (Å²) in [6.07, 6.45) is 4.33. The van der Waals surface area contributed by atoms with E-state index in [1.807, 2.05) is 6.07 Å². The van der Waals surface area contributed by atoms with E-state index in [9.17, 15) is 9.59 Å². The number of benzene rings is 1. The van der Waals surface area contributed by atoms with Gasteiger partial charge in [-0.25, -0.2) is 9.98 Å². The predicted molar refractivity (Wildman–Crippen MR) is 110 cm³/mol. The van der Waals surface area contributed by atoms with Crippen LogP contribution in [-0.2, 0) is 16.0 Å². The number of rotatable bonds is 7. The van der Waals surface area contributed by atoms with Gasteiger partial charge in [0, 0.05) is 19.0 Å². The second kappa shape index (κ2) is 7.59. The van der Waals surface area contributed by atoms with E-state index >= 15 is 0 Å². The highest BCUT2D eigenvalue weighted by Crippen LogP contribution is 2.39. The van der Waals surface area contributed by atoms with E-state index in [0.717, 1.165) is 51.3 Å². The molecule has 0 spiro atoms. The normalized spacial score (nSPS) is 26.5. The van der Waals surface area contributed by atoms with Crippen LogP contribution in [0, 0.1) is 0 Å². The number of amidine groups is 2. The summed E-state index contributed by atoms with van der Waals surface area (Å²) in [6.45, 7) is 7.09. The maximum Gasteiger partial charge on any atom is 0.231 e. The second-order valence-electron chi connectivity index (χ2n) is 8.00. The second-order valence-corrected chi connectivity index (χ2v) is 8.00. The molecule has 1 fully saturated rings. The number of nitrogens with zero attached hydrogens (tertiary/aromatic N) is 4. The van der Waals surface area contributed by atoms with Crippen molar-refractivity contribution >= 4 is 23.7 Å². The Hall–Kier alpha value is -2.34. The van der Waals surface area contributed by atoms with Crippen LogP contribution in [-0.4, -0.2) is 65.4 Å².